The normalized spacial score (nSPS) is 17.6. The average Bonchev–Trinajstić information content (AvgIpc) is 3.12. The quantitative estimate of drug-likeness (QED) is 0.693. The SMILES string of the molecule is COc1cccc(N2CCC(CNC(=O)CCC(C)NC(=O)OC(C)(C)C)C2)c1. The Balaban J connectivity index is 1.66. The van der Waals surface area contributed by atoms with E-state index in [0.717, 1.165) is 30.9 Å². The van der Waals surface area contributed by atoms with Crippen LogP contribution in [0.5, 0.6) is 5.75 Å². The van der Waals surface area contributed by atoms with Gasteiger partial charge in [-0.15, -0.1) is 0 Å². The van der Waals surface area contributed by atoms with E-state index in [1.165, 1.54) is 0 Å². The molecule has 0 spiro atoms. The minimum atomic E-state index is -0.527. The summed E-state index contributed by atoms with van der Waals surface area (Å²) in [5.74, 6) is 1.30. The van der Waals surface area contributed by atoms with Gasteiger partial charge in [0.25, 0.3) is 0 Å². The molecule has 1 aliphatic heterocycles. The van der Waals surface area contributed by atoms with Gasteiger partial charge in [0.05, 0.1) is 7.11 Å². The molecule has 7 nitrogen and oxygen atoms in total. The van der Waals surface area contributed by atoms with Crippen molar-refractivity contribution in [2.24, 2.45) is 5.92 Å². The number of methoxy groups -OCH3 is 1. The van der Waals surface area contributed by atoms with Crippen molar-refractivity contribution in [3.8, 4) is 5.75 Å². The van der Waals surface area contributed by atoms with E-state index in [2.05, 4.69) is 21.6 Å². The first-order chi connectivity index (χ1) is 13.7. The molecule has 1 fully saturated rings. The van der Waals surface area contributed by atoms with Gasteiger partial charge < -0.3 is 25.0 Å². The van der Waals surface area contributed by atoms with Crippen molar-refractivity contribution >= 4 is 17.7 Å². The van der Waals surface area contributed by atoms with Crippen LogP contribution in [0.25, 0.3) is 0 Å². The molecular weight excluding hydrogens is 370 g/mol. The molecule has 0 saturated carbocycles. The first kappa shape index (κ1) is 22.8. The first-order valence-corrected chi connectivity index (χ1v) is 10.3. The van der Waals surface area contributed by atoms with E-state index in [-0.39, 0.29) is 11.9 Å². The van der Waals surface area contributed by atoms with Gasteiger partial charge in [-0.1, -0.05) is 6.07 Å². The predicted octanol–water partition coefficient (Wildman–Crippen LogP) is 3.33. The van der Waals surface area contributed by atoms with E-state index in [4.69, 9.17) is 9.47 Å². The summed E-state index contributed by atoms with van der Waals surface area (Å²) in [5, 5.41) is 5.80. The molecule has 29 heavy (non-hydrogen) atoms. The van der Waals surface area contributed by atoms with Gasteiger partial charge in [-0.25, -0.2) is 4.79 Å². The van der Waals surface area contributed by atoms with Crippen LogP contribution in [0.15, 0.2) is 24.3 Å². The molecule has 2 unspecified atom stereocenters. The Morgan fingerprint density at radius 1 is 1.31 bits per heavy atom. The lowest BCUT2D eigenvalue weighted by Crippen LogP contribution is -2.38. The Bertz CT molecular complexity index is 687. The van der Waals surface area contributed by atoms with E-state index in [1.54, 1.807) is 7.11 Å². The topological polar surface area (TPSA) is 79.9 Å². The highest BCUT2D eigenvalue weighted by Crippen LogP contribution is 2.26. The zero-order valence-corrected chi connectivity index (χ0v) is 18.3. The number of hydrogen-bond acceptors (Lipinski definition) is 5. The Morgan fingerprint density at radius 2 is 2.07 bits per heavy atom. The number of ether oxygens (including phenoxy) is 2. The third-order valence-electron chi connectivity index (χ3n) is 4.86. The maximum absolute atomic E-state index is 12.2. The standard InChI is InChI=1S/C22H35N3O4/c1-16(24-21(27)29-22(2,3)4)9-10-20(26)23-14-17-11-12-25(15-17)18-7-6-8-19(13-18)28-5/h6-8,13,16-17H,9-12,14-15H2,1-5H3,(H,23,26)(H,24,27). The van der Waals surface area contributed by atoms with Gasteiger partial charge in [0.2, 0.25) is 5.91 Å². The molecule has 162 valence electrons. The van der Waals surface area contributed by atoms with E-state index in [0.29, 0.717) is 25.3 Å². The number of amides is 2. The van der Waals surface area contributed by atoms with Crippen LogP contribution in [0.2, 0.25) is 0 Å². The van der Waals surface area contributed by atoms with Gasteiger partial charge in [0, 0.05) is 43.9 Å². The second-order valence-corrected chi connectivity index (χ2v) is 8.69. The number of anilines is 1. The fraction of sp³-hybridized carbons (Fsp3) is 0.636. The van der Waals surface area contributed by atoms with Crippen molar-refractivity contribution in [3.05, 3.63) is 24.3 Å². The largest absolute Gasteiger partial charge is 0.497 e. The second kappa shape index (κ2) is 10.4. The first-order valence-electron chi connectivity index (χ1n) is 10.3. The fourth-order valence-corrected chi connectivity index (χ4v) is 3.32. The lowest BCUT2D eigenvalue weighted by Gasteiger charge is -2.22. The maximum atomic E-state index is 12.2. The van der Waals surface area contributed by atoms with Crippen molar-refractivity contribution in [2.75, 3.05) is 31.6 Å². The number of benzene rings is 1. The van der Waals surface area contributed by atoms with Crippen LogP contribution in [0.3, 0.4) is 0 Å². The summed E-state index contributed by atoms with van der Waals surface area (Å²) in [7, 11) is 1.67. The van der Waals surface area contributed by atoms with E-state index >= 15 is 0 Å². The third-order valence-corrected chi connectivity index (χ3v) is 4.86. The van der Waals surface area contributed by atoms with Gasteiger partial charge >= 0.3 is 6.09 Å². The minimum absolute atomic E-state index is 0.0164. The maximum Gasteiger partial charge on any atom is 0.407 e. The van der Waals surface area contributed by atoms with Crippen LogP contribution in [0.1, 0.15) is 47.0 Å². The highest BCUT2D eigenvalue weighted by molar-refractivity contribution is 5.76. The molecule has 1 aliphatic rings. The summed E-state index contributed by atoms with van der Waals surface area (Å²) in [6, 6.07) is 7.94. The molecule has 2 atom stereocenters. The molecular formula is C22H35N3O4. The highest BCUT2D eigenvalue weighted by Gasteiger charge is 2.23. The monoisotopic (exact) mass is 405 g/mol. The Labute approximate surface area is 174 Å². The van der Waals surface area contributed by atoms with Crippen molar-refractivity contribution in [2.45, 2.75) is 58.6 Å². The number of carbonyl (C=O) groups excluding carboxylic acids is 2. The second-order valence-electron chi connectivity index (χ2n) is 8.69. The van der Waals surface area contributed by atoms with Crippen LogP contribution < -0.4 is 20.3 Å². The molecule has 0 bridgehead atoms. The van der Waals surface area contributed by atoms with Crippen LogP contribution in [0.4, 0.5) is 10.5 Å². The lowest BCUT2D eigenvalue weighted by atomic mass is 10.1. The number of nitrogens with zero attached hydrogens (tertiary/aromatic N) is 1. The van der Waals surface area contributed by atoms with Crippen LogP contribution >= 0.6 is 0 Å². The number of carbonyl (C=O) groups is 2. The fourth-order valence-electron chi connectivity index (χ4n) is 3.32. The Hall–Kier alpha value is -2.44. The number of alkyl carbamates (subject to hydrolysis) is 1. The van der Waals surface area contributed by atoms with Crippen molar-refractivity contribution in [1.82, 2.24) is 10.6 Å². The number of rotatable bonds is 8. The summed E-state index contributed by atoms with van der Waals surface area (Å²) in [4.78, 5) is 26.2. The van der Waals surface area contributed by atoms with E-state index < -0.39 is 11.7 Å². The van der Waals surface area contributed by atoms with Crippen LogP contribution in [-0.2, 0) is 9.53 Å². The molecule has 2 amide bonds. The smallest absolute Gasteiger partial charge is 0.407 e. The van der Waals surface area contributed by atoms with Crippen LogP contribution in [-0.4, -0.2) is 50.4 Å². The molecule has 7 heteroatoms. The lowest BCUT2D eigenvalue weighted by molar-refractivity contribution is -0.121. The van der Waals surface area contributed by atoms with Gasteiger partial charge in [0.1, 0.15) is 11.4 Å². The van der Waals surface area contributed by atoms with E-state index in [9.17, 15) is 9.59 Å². The highest BCUT2D eigenvalue weighted by atomic mass is 16.6. The molecule has 0 radical (unpaired) electrons. The third kappa shape index (κ3) is 8.21. The number of hydrogen-bond donors (Lipinski definition) is 2. The van der Waals surface area contributed by atoms with Crippen molar-refractivity contribution < 1.29 is 19.1 Å². The Kier molecular flexibility index (Phi) is 8.17. The molecule has 1 aromatic rings. The van der Waals surface area contributed by atoms with Crippen molar-refractivity contribution in [1.29, 1.82) is 0 Å². The van der Waals surface area contributed by atoms with Gasteiger partial charge in [-0.2, -0.15) is 0 Å². The summed E-state index contributed by atoms with van der Waals surface area (Å²) in [6.07, 6.45) is 1.55. The van der Waals surface area contributed by atoms with Gasteiger partial charge in [-0.05, 0) is 58.6 Å². The van der Waals surface area contributed by atoms with Crippen molar-refractivity contribution in [3.63, 3.8) is 0 Å². The van der Waals surface area contributed by atoms with Gasteiger partial charge in [-0.3, -0.25) is 4.79 Å². The molecule has 1 heterocycles. The minimum Gasteiger partial charge on any atom is -0.497 e. The zero-order chi connectivity index (χ0) is 21.4. The molecule has 2 rings (SSSR count). The molecule has 0 aromatic heterocycles. The summed E-state index contributed by atoms with van der Waals surface area (Å²) in [6.45, 7) is 9.91. The molecule has 2 N–H and O–H groups in total. The predicted molar refractivity (Wildman–Crippen MR) is 114 cm³/mol. The molecule has 1 aromatic carbocycles. The molecule has 0 aliphatic carbocycles. The van der Waals surface area contributed by atoms with Gasteiger partial charge in [0.15, 0.2) is 0 Å². The summed E-state index contributed by atoms with van der Waals surface area (Å²) < 4.78 is 10.5. The summed E-state index contributed by atoms with van der Waals surface area (Å²) >= 11 is 0. The van der Waals surface area contributed by atoms with E-state index in [1.807, 2.05) is 45.9 Å². The molecule has 1 saturated heterocycles. The number of nitrogens with one attached hydrogen (secondary N) is 2. The van der Waals surface area contributed by atoms with Crippen LogP contribution in [0, 0.1) is 5.92 Å². The Morgan fingerprint density at radius 3 is 2.76 bits per heavy atom. The average molecular weight is 406 g/mol. The zero-order valence-electron chi connectivity index (χ0n) is 18.3. The summed E-state index contributed by atoms with van der Waals surface area (Å²) in [5.41, 5.74) is 0.626.